The molecule has 0 radical (unpaired) electrons. The highest BCUT2D eigenvalue weighted by atomic mass is 16.5. The Morgan fingerprint density at radius 2 is 1.85 bits per heavy atom. The summed E-state index contributed by atoms with van der Waals surface area (Å²) in [6, 6.07) is 13.4. The van der Waals surface area contributed by atoms with Gasteiger partial charge in [-0.05, 0) is 41.8 Å². The van der Waals surface area contributed by atoms with Crippen LogP contribution in [0.1, 0.15) is 23.6 Å². The van der Waals surface area contributed by atoms with Crippen molar-refractivity contribution >= 4 is 12.0 Å². The minimum absolute atomic E-state index is 0.161. The molecule has 0 atom stereocenters. The van der Waals surface area contributed by atoms with E-state index in [-0.39, 0.29) is 5.91 Å². The number of amides is 1. The number of nitrogens with one attached hydrogen (secondary N) is 1. The van der Waals surface area contributed by atoms with E-state index < -0.39 is 0 Å². The van der Waals surface area contributed by atoms with Crippen molar-refractivity contribution in [3.8, 4) is 11.5 Å². The molecular formula is C21H25NO4. The van der Waals surface area contributed by atoms with Gasteiger partial charge >= 0.3 is 0 Å². The van der Waals surface area contributed by atoms with Gasteiger partial charge in [0.2, 0.25) is 5.91 Å². The fraction of sp³-hybridized carbons (Fsp3) is 0.286. The zero-order chi connectivity index (χ0) is 18.8. The Balaban J connectivity index is 1.98. The van der Waals surface area contributed by atoms with Gasteiger partial charge in [0.25, 0.3) is 0 Å². The first-order chi connectivity index (χ1) is 12.7. The number of methoxy groups -OCH3 is 2. The van der Waals surface area contributed by atoms with Gasteiger partial charge in [0.05, 0.1) is 20.3 Å². The van der Waals surface area contributed by atoms with E-state index in [0.29, 0.717) is 31.3 Å². The highest BCUT2D eigenvalue weighted by Crippen LogP contribution is 2.28. The van der Waals surface area contributed by atoms with E-state index in [1.807, 2.05) is 49.4 Å². The Morgan fingerprint density at radius 3 is 2.54 bits per heavy atom. The molecule has 0 bridgehead atoms. The van der Waals surface area contributed by atoms with Crippen LogP contribution in [0, 0.1) is 0 Å². The second kappa shape index (κ2) is 10.3. The van der Waals surface area contributed by atoms with Crippen molar-refractivity contribution in [3.63, 3.8) is 0 Å². The Bertz CT molecular complexity index is 755. The Kier molecular flexibility index (Phi) is 7.71. The molecular weight excluding hydrogens is 330 g/mol. The molecule has 1 N–H and O–H groups in total. The third kappa shape index (κ3) is 5.63. The van der Waals surface area contributed by atoms with Crippen molar-refractivity contribution in [2.24, 2.45) is 0 Å². The molecule has 0 aromatic heterocycles. The summed E-state index contributed by atoms with van der Waals surface area (Å²) in [5, 5.41) is 2.89. The normalized spacial score (nSPS) is 10.7. The third-order valence-electron chi connectivity index (χ3n) is 3.79. The smallest absolute Gasteiger partial charge is 0.244 e. The van der Waals surface area contributed by atoms with Gasteiger partial charge in [-0.2, -0.15) is 0 Å². The molecule has 0 aliphatic rings. The first kappa shape index (κ1) is 19.5. The molecule has 0 aliphatic carbocycles. The van der Waals surface area contributed by atoms with Gasteiger partial charge in [0.15, 0.2) is 11.5 Å². The third-order valence-corrected chi connectivity index (χ3v) is 3.79. The lowest BCUT2D eigenvalue weighted by Crippen LogP contribution is -2.21. The molecule has 0 saturated carbocycles. The number of rotatable bonds is 9. The van der Waals surface area contributed by atoms with Gasteiger partial charge < -0.3 is 19.5 Å². The van der Waals surface area contributed by atoms with E-state index in [2.05, 4.69) is 5.32 Å². The van der Waals surface area contributed by atoms with E-state index in [1.54, 1.807) is 20.3 Å². The van der Waals surface area contributed by atoms with E-state index >= 15 is 0 Å². The van der Waals surface area contributed by atoms with Gasteiger partial charge in [-0.25, -0.2) is 0 Å². The topological polar surface area (TPSA) is 56.8 Å². The number of carbonyl (C=O) groups excluding carboxylic acids is 1. The lowest BCUT2D eigenvalue weighted by atomic mass is 10.1. The minimum Gasteiger partial charge on any atom is -0.493 e. The molecule has 2 aromatic carbocycles. The molecule has 1 amide bonds. The quantitative estimate of drug-likeness (QED) is 0.699. The van der Waals surface area contributed by atoms with Crippen LogP contribution in [0.15, 0.2) is 48.5 Å². The summed E-state index contributed by atoms with van der Waals surface area (Å²) >= 11 is 0. The van der Waals surface area contributed by atoms with Crippen LogP contribution >= 0.6 is 0 Å². The average Bonchev–Trinajstić information content (AvgIpc) is 2.66. The predicted molar refractivity (Wildman–Crippen MR) is 102 cm³/mol. The zero-order valence-corrected chi connectivity index (χ0v) is 15.5. The minimum atomic E-state index is -0.161. The highest BCUT2D eigenvalue weighted by Gasteiger charge is 2.05. The largest absolute Gasteiger partial charge is 0.493 e. The Labute approximate surface area is 154 Å². The molecule has 0 heterocycles. The van der Waals surface area contributed by atoms with Crippen LogP contribution in [-0.2, 0) is 22.7 Å². The van der Waals surface area contributed by atoms with Crippen LogP contribution in [0.4, 0.5) is 0 Å². The molecule has 0 unspecified atom stereocenters. The first-order valence-electron chi connectivity index (χ1n) is 8.50. The van der Waals surface area contributed by atoms with E-state index in [9.17, 15) is 4.79 Å². The zero-order valence-electron chi connectivity index (χ0n) is 15.5. The molecule has 5 nitrogen and oxygen atoms in total. The van der Waals surface area contributed by atoms with Crippen LogP contribution in [0.25, 0.3) is 6.08 Å². The van der Waals surface area contributed by atoms with Crippen LogP contribution in [0.2, 0.25) is 0 Å². The number of hydrogen-bond acceptors (Lipinski definition) is 4. The van der Waals surface area contributed by atoms with E-state index in [4.69, 9.17) is 14.2 Å². The summed E-state index contributed by atoms with van der Waals surface area (Å²) in [7, 11) is 3.26. The van der Waals surface area contributed by atoms with Gasteiger partial charge in [-0.3, -0.25) is 4.79 Å². The molecule has 0 fully saturated rings. The summed E-state index contributed by atoms with van der Waals surface area (Å²) < 4.78 is 16.0. The van der Waals surface area contributed by atoms with Crippen molar-refractivity contribution in [2.45, 2.75) is 20.1 Å². The number of hydrogen-bond donors (Lipinski definition) is 1. The van der Waals surface area contributed by atoms with E-state index in [0.717, 1.165) is 16.7 Å². The van der Waals surface area contributed by atoms with Gasteiger partial charge in [0.1, 0.15) is 0 Å². The van der Waals surface area contributed by atoms with Gasteiger partial charge in [-0.15, -0.1) is 0 Å². The maximum atomic E-state index is 12.1. The molecule has 5 heteroatoms. The summed E-state index contributed by atoms with van der Waals surface area (Å²) in [5.41, 5.74) is 2.97. The summed E-state index contributed by atoms with van der Waals surface area (Å²) in [6.45, 7) is 3.44. The summed E-state index contributed by atoms with van der Waals surface area (Å²) in [6.07, 6.45) is 3.26. The van der Waals surface area contributed by atoms with Crippen molar-refractivity contribution in [3.05, 3.63) is 65.2 Å². The maximum Gasteiger partial charge on any atom is 0.244 e. The van der Waals surface area contributed by atoms with E-state index in [1.165, 1.54) is 6.08 Å². The van der Waals surface area contributed by atoms with Gasteiger partial charge in [0, 0.05) is 19.7 Å². The van der Waals surface area contributed by atoms with Crippen molar-refractivity contribution in [1.29, 1.82) is 0 Å². The summed E-state index contributed by atoms with van der Waals surface area (Å²) in [4.78, 5) is 12.1. The standard InChI is InChI=1S/C21H25NO4/c1-4-26-20-13-16(9-11-19(20)25-3)10-12-21(23)22-14-17-7-5-6-8-18(17)15-24-2/h5-13H,4,14-15H2,1-3H3,(H,22,23)/b12-10+. The molecule has 26 heavy (non-hydrogen) atoms. The molecule has 0 spiro atoms. The lowest BCUT2D eigenvalue weighted by molar-refractivity contribution is -0.116. The summed E-state index contributed by atoms with van der Waals surface area (Å²) in [5.74, 6) is 1.17. The van der Waals surface area contributed by atoms with Crippen molar-refractivity contribution < 1.29 is 19.0 Å². The van der Waals surface area contributed by atoms with Crippen LogP contribution in [0.5, 0.6) is 11.5 Å². The second-order valence-corrected chi connectivity index (χ2v) is 5.60. The maximum absolute atomic E-state index is 12.1. The van der Waals surface area contributed by atoms with Crippen LogP contribution in [0.3, 0.4) is 0 Å². The lowest BCUT2D eigenvalue weighted by Gasteiger charge is -2.10. The molecule has 2 rings (SSSR count). The predicted octanol–water partition coefficient (Wildman–Crippen LogP) is 3.57. The SMILES string of the molecule is CCOc1cc(/C=C/C(=O)NCc2ccccc2COC)ccc1OC. The van der Waals surface area contributed by atoms with Crippen molar-refractivity contribution in [1.82, 2.24) is 5.32 Å². The van der Waals surface area contributed by atoms with Crippen LogP contribution in [-0.4, -0.2) is 26.7 Å². The van der Waals surface area contributed by atoms with Gasteiger partial charge in [-0.1, -0.05) is 30.3 Å². The first-order valence-corrected chi connectivity index (χ1v) is 8.50. The highest BCUT2D eigenvalue weighted by molar-refractivity contribution is 5.91. The molecule has 2 aromatic rings. The fourth-order valence-electron chi connectivity index (χ4n) is 2.50. The van der Waals surface area contributed by atoms with Crippen LogP contribution < -0.4 is 14.8 Å². The average molecular weight is 355 g/mol. The molecule has 138 valence electrons. The number of carbonyl (C=O) groups is 1. The second-order valence-electron chi connectivity index (χ2n) is 5.60. The molecule has 0 aliphatic heterocycles. The number of benzene rings is 2. The van der Waals surface area contributed by atoms with Crippen molar-refractivity contribution in [2.75, 3.05) is 20.8 Å². The fourth-order valence-corrected chi connectivity index (χ4v) is 2.50. The number of ether oxygens (including phenoxy) is 3. The molecule has 0 saturated heterocycles. The Hall–Kier alpha value is -2.79. The monoisotopic (exact) mass is 355 g/mol. The Morgan fingerprint density at radius 1 is 1.08 bits per heavy atom.